The molecule has 0 spiro atoms. The Morgan fingerprint density at radius 3 is 2.87 bits per heavy atom. The highest BCUT2D eigenvalue weighted by Gasteiger charge is 2.08. The molecule has 0 saturated carbocycles. The van der Waals surface area contributed by atoms with E-state index < -0.39 is 6.61 Å². The molecule has 0 bridgehead atoms. The maximum absolute atomic E-state index is 12.1. The van der Waals surface area contributed by atoms with Crippen molar-refractivity contribution in [2.24, 2.45) is 0 Å². The van der Waals surface area contributed by atoms with Crippen molar-refractivity contribution in [3.8, 4) is 5.75 Å². The number of ether oxygens (including phenoxy) is 1. The van der Waals surface area contributed by atoms with Crippen LogP contribution in [0.2, 0.25) is 0 Å². The van der Waals surface area contributed by atoms with Gasteiger partial charge < -0.3 is 4.74 Å². The van der Waals surface area contributed by atoms with Crippen LogP contribution in [0, 0.1) is 6.92 Å². The molecule has 0 aliphatic carbocycles. The first-order valence-electron chi connectivity index (χ1n) is 4.47. The topological polar surface area (TPSA) is 22.1 Å². The van der Waals surface area contributed by atoms with E-state index in [4.69, 9.17) is 0 Å². The van der Waals surface area contributed by atoms with Gasteiger partial charge in [0.15, 0.2) is 0 Å². The first-order chi connectivity index (χ1) is 7.16. The summed E-state index contributed by atoms with van der Waals surface area (Å²) in [5.74, 6) is 0.162. The monoisotopic (exact) mass is 209 g/mol. The minimum Gasteiger partial charge on any atom is -0.434 e. The lowest BCUT2D eigenvalue weighted by molar-refractivity contribution is -0.0488. The predicted octanol–water partition coefficient (Wildman–Crippen LogP) is 3.14. The van der Waals surface area contributed by atoms with E-state index in [9.17, 15) is 8.78 Å². The number of aromatic nitrogens is 1. The molecule has 0 amide bonds. The molecule has 0 N–H and O–H groups in total. The third kappa shape index (κ3) is 2.03. The lowest BCUT2D eigenvalue weighted by Crippen LogP contribution is -2.02. The molecule has 1 heterocycles. The Morgan fingerprint density at radius 2 is 2.13 bits per heavy atom. The molecule has 1 aromatic heterocycles. The van der Waals surface area contributed by atoms with E-state index in [0.717, 1.165) is 11.1 Å². The molecule has 2 aromatic rings. The average Bonchev–Trinajstić information content (AvgIpc) is 2.16. The molecule has 78 valence electrons. The van der Waals surface area contributed by atoms with E-state index in [1.54, 1.807) is 12.3 Å². The van der Waals surface area contributed by atoms with Crippen LogP contribution in [0.5, 0.6) is 5.75 Å². The highest BCUT2D eigenvalue weighted by molar-refractivity contribution is 5.87. The number of halogens is 2. The molecule has 2 nitrogen and oxygen atoms in total. The largest absolute Gasteiger partial charge is 0.434 e. The molecule has 0 unspecified atom stereocenters. The highest BCUT2D eigenvalue weighted by atomic mass is 19.3. The molecule has 0 fully saturated rings. The number of fused-ring (bicyclic) bond motifs is 1. The number of nitrogens with zero attached hydrogens (tertiary/aromatic N) is 1. The van der Waals surface area contributed by atoms with Crippen LogP contribution in [0.3, 0.4) is 0 Å². The van der Waals surface area contributed by atoms with Crippen LogP contribution in [-0.4, -0.2) is 11.6 Å². The molecule has 0 radical (unpaired) electrons. The molecule has 0 saturated heterocycles. The van der Waals surface area contributed by atoms with Crippen LogP contribution >= 0.6 is 0 Å². The minimum absolute atomic E-state index is 0.162. The van der Waals surface area contributed by atoms with Crippen molar-refractivity contribution < 1.29 is 13.5 Å². The fourth-order valence-electron chi connectivity index (χ4n) is 1.45. The number of hydrogen-bond acceptors (Lipinski definition) is 2. The van der Waals surface area contributed by atoms with Gasteiger partial charge in [-0.1, -0.05) is 12.1 Å². The summed E-state index contributed by atoms with van der Waals surface area (Å²) in [5, 5.41) is 1.45. The van der Waals surface area contributed by atoms with Crippen LogP contribution in [0.25, 0.3) is 10.8 Å². The van der Waals surface area contributed by atoms with Gasteiger partial charge in [-0.2, -0.15) is 8.78 Å². The van der Waals surface area contributed by atoms with Crippen molar-refractivity contribution in [2.75, 3.05) is 0 Å². The molecule has 2 rings (SSSR count). The molecule has 0 aliphatic rings. The molecule has 1 aromatic carbocycles. The molecular formula is C11H9F2NO. The summed E-state index contributed by atoms with van der Waals surface area (Å²) in [6, 6.07) is 6.85. The molecule has 0 aliphatic heterocycles. The first kappa shape index (κ1) is 9.83. The second-order valence-electron chi connectivity index (χ2n) is 3.18. The Hall–Kier alpha value is -1.71. The van der Waals surface area contributed by atoms with Gasteiger partial charge in [0.2, 0.25) is 0 Å². The van der Waals surface area contributed by atoms with E-state index in [2.05, 4.69) is 9.72 Å². The summed E-state index contributed by atoms with van der Waals surface area (Å²) >= 11 is 0. The van der Waals surface area contributed by atoms with E-state index in [-0.39, 0.29) is 5.75 Å². The zero-order valence-electron chi connectivity index (χ0n) is 8.08. The normalized spacial score (nSPS) is 10.9. The lowest BCUT2D eigenvalue weighted by atomic mass is 10.1. The van der Waals surface area contributed by atoms with Crippen molar-refractivity contribution in [3.05, 3.63) is 36.2 Å². The summed E-state index contributed by atoms with van der Waals surface area (Å²) in [6.07, 6.45) is 1.54. The summed E-state index contributed by atoms with van der Waals surface area (Å²) in [6.45, 7) is -0.961. The average molecular weight is 209 g/mol. The number of rotatable bonds is 2. The van der Waals surface area contributed by atoms with Crippen molar-refractivity contribution in [2.45, 2.75) is 13.5 Å². The summed E-state index contributed by atoms with van der Waals surface area (Å²) in [5.41, 5.74) is 0.844. The van der Waals surface area contributed by atoms with Gasteiger partial charge in [0.05, 0.1) is 0 Å². The Bertz CT molecular complexity index is 485. The zero-order chi connectivity index (χ0) is 10.8. The Balaban J connectivity index is 2.56. The minimum atomic E-state index is -2.81. The van der Waals surface area contributed by atoms with Crippen LogP contribution in [0.4, 0.5) is 8.78 Å². The lowest BCUT2D eigenvalue weighted by Gasteiger charge is -2.07. The third-order valence-corrected chi connectivity index (χ3v) is 2.08. The van der Waals surface area contributed by atoms with Crippen molar-refractivity contribution >= 4 is 10.8 Å². The summed E-state index contributed by atoms with van der Waals surface area (Å²) in [7, 11) is 0. The van der Waals surface area contributed by atoms with Crippen molar-refractivity contribution in [1.29, 1.82) is 0 Å². The smallest absolute Gasteiger partial charge is 0.387 e. The van der Waals surface area contributed by atoms with Crippen LogP contribution < -0.4 is 4.74 Å². The van der Waals surface area contributed by atoms with Crippen molar-refractivity contribution in [1.82, 2.24) is 4.98 Å². The van der Waals surface area contributed by atoms with Gasteiger partial charge in [-0.15, -0.1) is 0 Å². The Kier molecular flexibility index (Phi) is 2.49. The van der Waals surface area contributed by atoms with Gasteiger partial charge in [-0.05, 0) is 24.4 Å². The highest BCUT2D eigenvalue weighted by Crippen LogP contribution is 2.26. The molecule has 0 atom stereocenters. The SMILES string of the molecule is Cc1cc2cccc(OC(F)F)c2cn1. The van der Waals surface area contributed by atoms with Crippen LogP contribution in [0.15, 0.2) is 30.5 Å². The molecule has 15 heavy (non-hydrogen) atoms. The van der Waals surface area contributed by atoms with Gasteiger partial charge in [-0.3, -0.25) is 4.98 Å². The maximum atomic E-state index is 12.1. The second-order valence-corrected chi connectivity index (χ2v) is 3.18. The number of hydrogen-bond donors (Lipinski definition) is 0. The van der Waals surface area contributed by atoms with Gasteiger partial charge >= 0.3 is 6.61 Å². The van der Waals surface area contributed by atoms with Crippen LogP contribution in [0.1, 0.15) is 5.69 Å². The predicted molar refractivity (Wildman–Crippen MR) is 53.1 cm³/mol. The summed E-state index contributed by atoms with van der Waals surface area (Å²) in [4.78, 5) is 4.05. The first-order valence-corrected chi connectivity index (χ1v) is 4.47. The Labute approximate surface area is 85.5 Å². The number of aryl methyl sites for hydroxylation is 1. The zero-order valence-corrected chi connectivity index (χ0v) is 8.08. The molecule has 4 heteroatoms. The standard InChI is InChI=1S/C11H9F2NO/c1-7-5-8-3-2-4-10(15-11(12)13)9(8)6-14-7/h2-6,11H,1H3. The van der Waals surface area contributed by atoms with E-state index >= 15 is 0 Å². The van der Waals surface area contributed by atoms with E-state index in [1.165, 1.54) is 6.07 Å². The fraction of sp³-hybridized carbons (Fsp3) is 0.182. The van der Waals surface area contributed by atoms with E-state index in [0.29, 0.717) is 5.39 Å². The van der Waals surface area contributed by atoms with E-state index in [1.807, 2.05) is 19.1 Å². The molecular weight excluding hydrogens is 200 g/mol. The third-order valence-electron chi connectivity index (χ3n) is 2.08. The fourth-order valence-corrected chi connectivity index (χ4v) is 1.45. The number of pyridine rings is 1. The quantitative estimate of drug-likeness (QED) is 0.758. The van der Waals surface area contributed by atoms with Gasteiger partial charge in [0, 0.05) is 17.3 Å². The van der Waals surface area contributed by atoms with Gasteiger partial charge in [0.25, 0.3) is 0 Å². The van der Waals surface area contributed by atoms with Gasteiger partial charge in [0.1, 0.15) is 5.75 Å². The number of benzene rings is 1. The van der Waals surface area contributed by atoms with Crippen molar-refractivity contribution in [3.63, 3.8) is 0 Å². The number of alkyl halides is 2. The van der Waals surface area contributed by atoms with Crippen LogP contribution in [-0.2, 0) is 0 Å². The maximum Gasteiger partial charge on any atom is 0.387 e. The van der Waals surface area contributed by atoms with Gasteiger partial charge in [-0.25, -0.2) is 0 Å². The Morgan fingerprint density at radius 1 is 1.33 bits per heavy atom. The second kappa shape index (κ2) is 3.81. The summed E-state index contributed by atoms with van der Waals surface area (Å²) < 4.78 is 28.6.